The molecular weight excluding hydrogens is 274 g/mol. The fraction of sp³-hybridized carbons (Fsp3) is 0.600. The number of piperidine rings is 1. The molecule has 1 aliphatic rings. The van der Waals surface area contributed by atoms with Crippen molar-refractivity contribution in [1.29, 1.82) is 0 Å². The van der Waals surface area contributed by atoms with Crippen LogP contribution in [0.5, 0.6) is 0 Å². The number of rotatable bonds is 5. The Hall–Kier alpha value is -0.910. The van der Waals surface area contributed by atoms with Gasteiger partial charge in [0.15, 0.2) is 0 Å². The van der Waals surface area contributed by atoms with E-state index in [2.05, 4.69) is 0 Å². The van der Waals surface area contributed by atoms with Crippen LogP contribution in [-0.2, 0) is 16.4 Å². The molecule has 0 aliphatic carbocycles. The molecule has 0 aromatic heterocycles. The third-order valence-electron chi connectivity index (χ3n) is 3.97. The van der Waals surface area contributed by atoms with E-state index in [0.717, 1.165) is 31.2 Å². The van der Waals surface area contributed by atoms with Crippen LogP contribution in [0.2, 0.25) is 0 Å². The van der Waals surface area contributed by atoms with Crippen molar-refractivity contribution in [2.24, 2.45) is 0 Å². The first-order valence-corrected chi connectivity index (χ1v) is 8.75. The van der Waals surface area contributed by atoms with E-state index in [-0.39, 0.29) is 12.6 Å². The predicted octanol–water partition coefficient (Wildman–Crippen LogP) is 2.17. The smallest absolute Gasteiger partial charge is 0.243 e. The minimum atomic E-state index is -3.38. The normalized spacial score (nSPS) is 21.0. The van der Waals surface area contributed by atoms with E-state index in [9.17, 15) is 8.42 Å². The van der Waals surface area contributed by atoms with Crippen molar-refractivity contribution in [1.82, 2.24) is 4.31 Å². The summed E-state index contributed by atoms with van der Waals surface area (Å²) in [5.41, 5.74) is 0.956. The zero-order valence-corrected chi connectivity index (χ0v) is 12.8. The number of hydrogen-bond donors (Lipinski definition) is 1. The molecule has 20 heavy (non-hydrogen) atoms. The summed E-state index contributed by atoms with van der Waals surface area (Å²) < 4.78 is 27.1. The van der Waals surface area contributed by atoms with Gasteiger partial charge >= 0.3 is 0 Å². The predicted molar refractivity (Wildman–Crippen MR) is 79.1 cm³/mol. The van der Waals surface area contributed by atoms with E-state index < -0.39 is 10.0 Å². The molecular formula is C15H23NO3S. The maximum atomic E-state index is 12.7. The van der Waals surface area contributed by atoms with E-state index in [0.29, 0.717) is 17.9 Å². The maximum absolute atomic E-state index is 12.7. The van der Waals surface area contributed by atoms with Gasteiger partial charge in [-0.05, 0) is 43.4 Å². The summed E-state index contributed by atoms with van der Waals surface area (Å²) >= 11 is 0. The Labute approximate surface area is 121 Å². The summed E-state index contributed by atoms with van der Waals surface area (Å²) in [7, 11) is -3.38. The first-order valence-electron chi connectivity index (χ1n) is 7.31. The van der Waals surface area contributed by atoms with Crippen molar-refractivity contribution in [2.75, 3.05) is 13.2 Å². The third kappa shape index (κ3) is 3.22. The topological polar surface area (TPSA) is 57.6 Å². The number of sulfonamides is 1. The lowest BCUT2D eigenvalue weighted by molar-refractivity contribution is 0.246. The number of hydrogen-bond acceptors (Lipinski definition) is 3. The Morgan fingerprint density at radius 2 is 1.95 bits per heavy atom. The number of nitrogens with zero attached hydrogens (tertiary/aromatic N) is 1. The van der Waals surface area contributed by atoms with E-state index >= 15 is 0 Å². The summed E-state index contributed by atoms with van der Waals surface area (Å²) in [5.74, 6) is 0. The van der Waals surface area contributed by atoms with Crippen molar-refractivity contribution in [3.05, 3.63) is 29.8 Å². The van der Waals surface area contributed by atoms with Crippen LogP contribution in [0, 0.1) is 0 Å². The highest BCUT2D eigenvalue weighted by atomic mass is 32.2. The molecule has 1 heterocycles. The zero-order chi connectivity index (χ0) is 14.6. The molecule has 0 amide bonds. The molecule has 0 radical (unpaired) electrons. The standard InChI is InChI=1S/C15H23NO3S/c1-2-14-5-3-4-11-16(14)20(18,19)15-8-6-13(7-9-15)10-12-17/h6-9,14,17H,2-5,10-12H2,1H3. The second kappa shape index (κ2) is 6.70. The molecule has 1 aliphatic heterocycles. The Balaban J connectivity index is 2.24. The fourth-order valence-corrected chi connectivity index (χ4v) is 4.56. The van der Waals surface area contributed by atoms with Gasteiger partial charge in [0.05, 0.1) is 4.90 Å². The van der Waals surface area contributed by atoms with Crippen LogP contribution in [0.3, 0.4) is 0 Å². The van der Waals surface area contributed by atoms with Gasteiger partial charge in [0, 0.05) is 19.2 Å². The van der Waals surface area contributed by atoms with Crippen LogP contribution in [0.1, 0.15) is 38.2 Å². The Morgan fingerprint density at radius 1 is 1.25 bits per heavy atom. The summed E-state index contributed by atoms with van der Waals surface area (Å²) in [6.45, 7) is 2.75. The van der Waals surface area contributed by atoms with Gasteiger partial charge in [-0.3, -0.25) is 0 Å². The summed E-state index contributed by atoms with van der Waals surface area (Å²) in [5, 5.41) is 8.89. The molecule has 5 heteroatoms. The van der Waals surface area contributed by atoms with E-state index in [4.69, 9.17) is 5.11 Å². The highest BCUT2D eigenvalue weighted by Crippen LogP contribution is 2.27. The van der Waals surface area contributed by atoms with Gasteiger partial charge in [-0.2, -0.15) is 4.31 Å². The van der Waals surface area contributed by atoms with Crippen molar-refractivity contribution < 1.29 is 13.5 Å². The van der Waals surface area contributed by atoms with Crippen LogP contribution in [-0.4, -0.2) is 37.0 Å². The third-order valence-corrected chi connectivity index (χ3v) is 5.94. The van der Waals surface area contributed by atoms with Crippen molar-refractivity contribution in [2.45, 2.75) is 50.0 Å². The van der Waals surface area contributed by atoms with Crippen molar-refractivity contribution in [3.8, 4) is 0 Å². The van der Waals surface area contributed by atoms with E-state index in [1.54, 1.807) is 28.6 Å². The highest BCUT2D eigenvalue weighted by molar-refractivity contribution is 7.89. The minimum absolute atomic E-state index is 0.0795. The molecule has 1 unspecified atom stereocenters. The van der Waals surface area contributed by atoms with Gasteiger partial charge in [0.2, 0.25) is 10.0 Å². The zero-order valence-electron chi connectivity index (χ0n) is 12.0. The molecule has 1 fully saturated rings. The lowest BCUT2D eigenvalue weighted by atomic mass is 10.0. The summed E-state index contributed by atoms with van der Waals surface area (Å²) in [6.07, 6.45) is 4.43. The number of aliphatic hydroxyl groups is 1. The molecule has 0 saturated carbocycles. The van der Waals surface area contributed by atoms with Gasteiger partial charge < -0.3 is 5.11 Å². The molecule has 1 aromatic carbocycles. The van der Waals surface area contributed by atoms with Gasteiger partial charge in [-0.15, -0.1) is 0 Å². The van der Waals surface area contributed by atoms with Crippen LogP contribution < -0.4 is 0 Å². The van der Waals surface area contributed by atoms with Crippen LogP contribution in [0.15, 0.2) is 29.2 Å². The quantitative estimate of drug-likeness (QED) is 0.906. The van der Waals surface area contributed by atoms with Gasteiger partial charge in [0.1, 0.15) is 0 Å². The average Bonchev–Trinajstić information content (AvgIpc) is 2.48. The molecule has 2 rings (SSSR count). The van der Waals surface area contributed by atoms with Gasteiger partial charge in [-0.1, -0.05) is 25.5 Å². The highest BCUT2D eigenvalue weighted by Gasteiger charge is 2.32. The Morgan fingerprint density at radius 3 is 2.55 bits per heavy atom. The molecule has 1 atom stereocenters. The lowest BCUT2D eigenvalue weighted by Gasteiger charge is -2.34. The van der Waals surface area contributed by atoms with Gasteiger partial charge in [-0.25, -0.2) is 8.42 Å². The fourth-order valence-electron chi connectivity index (χ4n) is 2.79. The van der Waals surface area contributed by atoms with Crippen molar-refractivity contribution in [3.63, 3.8) is 0 Å². The molecule has 0 spiro atoms. The second-order valence-corrected chi connectivity index (χ2v) is 7.18. The summed E-state index contributed by atoms with van der Waals surface area (Å²) in [4.78, 5) is 0.361. The molecule has 4 nitrogen and oxygen atoms in total. The summed E-state index contributed by atoms with van der Waals surface area (Å²) in [6, 6.07) is 7.01. The largest absolute Gasteiger partial charge is 0.396 e. The second-order valence-electron chi connectivity index (χ2n) is 5.29. The lowest BCUT2D eigenvalue weighted by Crippen LogP contribution is -2.43. The van der Waals surface area contributed by atoms with Gasteiger partial charge in [0.25, 0.3) is 0 Å². The SMILES string of the molecule is CCC1CCCCN1S(=O)(=O)c1ccc(CCO)cc1. The molecule has 1 saturated heterocycles. The molecule has 112 valence electrons. The first-order chi connectivity index (χ1) is 9.59. The average molecular weight is 297 g/mol. The van der Waals surface area contributed by atoms with Crippen LogP contribution in [0.4, 0.5) is 0 Å². The number of aliphatic hydroxyl groups excluding tert-OH is 1. The maximum Gasteiger partial charge on any atom is 0.243 e. The minimum Gasteiger partial charge on any atom is -0.396 e. The molecule has 0 bridgehead atoms. The monoisotopic (exact) mass is 297 g/mol. The van der Waals surface area contributed by atoms with E-state index in [1.165, 1.54) is 0 Å². The molecule has 1 aromatic rings. The molecule has 1 N–H and O–H groups in total. The van der Waals surface area contributed by atoms with E-state index in [1.807, 2.05) is 6.92 Å². The Bertz CT molecular complexity index is 525. The van der Waals surface area contributed by atoms with Crippen LogP contribution >= 0.6 is 0 Å². The Kier molecular flexibility index (Phi) is 5.18. The van der Waals surface area contributed by atoms with Crippen LogP contribution in [0.25, 0.3) is 0 Å². The number of benzene rings is 1. The first kappa shape index (κ1) is 15.5. The van der Waals surface area contributed by atoms with Crippen molar-refractivity contribution >= 4 is 10.0 Å².